The number of alkyl halides is 3. The van der Waals surface area contributed by atoms with E-state index in [-0.39, 0.29) is 6.03 Å². The van der Waals surface area contributed by atoms with Crippen LogP contribution >= 0.6 is 0 Å². The highest BCUT2D eigenvalue weighted by molar-refractivity contribution is 5.74. The second-order valence-corrected chi connectivity index (χ2v) is 8.27. The van der Waals surface area contributed by atoms with Gasteiger partial charge in [-0.05, 0) is 37.9 Å². The van der Waals surface area contributed by atoms with Crippen molar-refractivity contribution < 1.29 is 27.9 Å². The Hall–Kier alpha value is -3.15. The Morgan fingerprint density at radius 2 is 1.68 bits per heavy atom. The van der Waals surface area contributed by atoms with Gasteiger partial charge < -0.3 is 15.3 Å². The summed E-state index contributed by atoms with van der Waals surface area (Å²) in [4.78, 5) is 26.0. The summed E-state index contributed by atoms with van der Waals surface area (Å²) in [5.41, 5.74) is 3.23. The number of benzene rings is 1. The van der Waals surface area contributed by atoms with Gasteiger partial charge in [-0.15, -0.1) is 5.10 Å². The number of carbonyl (C=O) groups is 2. The zero-order valence-corrected chi connectivity index (χ0v) is 18.8. The summed E-state index contributed by atoms with van der Waals surface area (Å²) < 4.78 is 33.7. The molecule has 2 amide bonds. The van der Waals surface area contributed by atoms with E-state index in [9.17, 15) is 18.0 Å². The Bertz CT molecular complexity index is 945. The third kappa shape index (κ3) is 7.44. The standard InChI is InChI=1S/C20H28N6O.C2HF3O2/c27-20(21-14-17-8-3-1-4-9-17)25-12-7-13-26-19(16-25)18(22-23-26)15-24-10-5-2-6-11-24;3-2(4,5)1(6)7/h1,3-4,8-9H,2,5-7,10-16H2,(H,21,27);(H,6,7). The molecule has 1 fully saturated rings. The largest absolute Gasteiger partial charge is 0.490 e. The van der Waals surface area contributed by atoms with Gasteiger partial charge in [-0.2, -0.15) is 13.2 Å². The van der Waals surface area contributed by atoms with Crippen molar-refractivity contribution in [3.63, 3.8) is 0 Å². The Balaban J connectivity index is 0.000000406. The first kappa shape index (κ1) is 25.5. The molecule has 2 aliphatic rings. The quantitative estimate of drug-likeness (QED) is 0.695. The molecule has 4 rings (SSSR count). The number of carboxylic acids is 1. The van der Waals surface area contributed by atoms with Crippen LogP contribution in [-0.4, -0.2) is 67.7 Å². The number of likely N-dealkylation sites (tertiary alicyclic amines) is 1. The Morgan fingerprint density at radius 1 is 1.00 bits per heavy atom. The minimum Gasteiger partial charge on any atom is -0.475 e. The fourth-order valence-electron chi connectivity index (χ4n) is 3.90. The number of aliphatic carboxylic acids is 1. The van der Waals surface area contributed by atoms with Crippen LogP contribution in [-0.2, 0) is 31.0 Å². The smallest absolute Gasteiger partial charge is 0.475 e. The Labute approximate surface area is 195 Å². The van der Waals surface area contributed by atoms with Crippen molar-refractivity contribution in [3.8, 4) is 0 Å². The second kappa shape index (κ2) is 11.8. The van der Waals surface area contributed by atoms with E-state index >= 15 is 0 Å². The van der Waals surface area contributed by atoms with Crippen LogP contribution in [0.5, 0.6) is 0 Å². The third-order valence-corrected chi connectivity index (χ3v) is 5.69. The number of halogens is 3. The SMILES string of the molecule is O=C(NCc1ccccc1)N1CCCn2nnc(CN3CCCCC3)c2C1.O=C(O)C(F)(F)F. The molecular formula is C22H29F3N6O3. The number of nitrogens with zero attached hydrogens (tertiary/aromatic N) is 5. The van der Waals surface area contributed by atoms with Crippen LogP contribution in [0.1, 0.15) is 42.6 Å². The van der Waals surface area contributed by atoms with E-state index in [2.05, 4.69) is 20.5 Å². The second-order valence-electron chi connectivity index (χ2n) is 8.27. The molecule has 0 aliphatic carbocycles. The number of carbonyl (C=O) groups excluding carboxylic acids is 1. The molecule has 0 unspecified atom stereocenters. The van der Waals surface area contributed by atoms with E-state index in [1.54, 1.807) is 0 Å². The van der Waals surface area contributed by atoms with Crippen molar-refractivity contribution in [2.45, 2.75) is 58.0 Å². The molecule has 2 aliphatic heterocycles. The number of piperidine rings is 1. The zero-order valence-electron chi connectivity index (χ0n) is 18.8. The lowest BCUT2D eigenvalue weighted by Crippen LogP contribution is -2.39. The first-order valence-corrected chi connectivity index (χ1v) is 11.2. The summed E-state index contributed by atoms with van der Waals surface area (Å²) in [6.07, 6.45) is -0.335. The number of rotatable bonds is 4. The summed E-state index contributed by atoms with van der Waals surface area (Å²) in [6, 6.07) is 10.0. The molecule has 2 N–H and O–H groups in total. The lowest BCUT2D eigenvalue weighted by Gasteiger charge is -2.26. The van der Waals surface area contributed by atoms with E-state index in [1.165, 1.54) is 19.3 Å². The van der Waals surface area contributed by atoms with Crippen LogP contribution in [0, 0.1) is 0 Å². The van der Waals surface area contributed by atoms with E-state index in [0.717, 1.165) is 56.1 Å². The van der Waals surface area contributed by atoms with Crippen LogP contribution in [0.25, 0.3) is 0 Å². The monoisotopic (exact) mass is 482 g/mol. The molecule has 1 saturated heterocycles. The van der Waals surface area contributed by atoms with Gasteiger partial charge in [0.2, 0.25) is 0 Å². The molecule has 12 heteroatoms. The predicted octanol–water partition coefficient (Wildman–Crippen LogP) is 3.01. The van der Waals surface area contributed by atoms with Crippen molar-refractivity contribution in [2.24, 2.45) is 0 Å². The molecule has 3 heterocycles. The number of amides is 2. The van der Waals surface area contributed by atoms with Crippen molar-refractivity contribution in [2.75, 3.05) is 19.6 Å². The fourth-order valence-corrected chi connectivity index (χ4v) is 3.90. The van der Waals surface area contributed by atoms with Gasteiger partial charge in [0.15, 0.2) is 0 Å². The molecule has 9 nitrogen and oxygen atoms in total. The first-order chi connectivity index (χ1) is 16.2. The van der Waals surface area contributed by atoms with Gasteiger partial charge in [-0.1, -0.05) is 42.0 Å². The number of hydrogen-bond donors (Lipinski definition) is 2. The van der Waals surface area contributed by atoms with E-state index in [0.29, 0.717) is 13.1 Å². The molecule has 0 atom stereocenters. The summed E-state index contributed by atoms with van der Waals surface area (Å²) in [5, 5.41) is 19.0. The number of nitrogens with one attached hydrogen (secondary N) is 1. The molecule has 2 aromatic rings. The number of urea groups is 1. The fraction of sp³-hybridized carbons (Fsp3) is 0.545. The average Bonchev–Trinajstić information content (AvgIpc) is 3.05. The molecular weight excluding hydrogens is 453 g/mol. The third-order valence-electron chi connectivity index (χ3n) is 5.69. The molecule has 34 heavy (non-hydrogen) atoms. The molecule has 1 aromatic carbocycles. The molecule has 0 radical (unpaired) electrons. The minimum absolute atomic E-state index is 0.0163. The summed E-state index contributed by atoms with van der Waals surface area (Å²) in [5.74, 6) is -2.76. The van der Waals surface area contributed by atoms with Crippen LogP contribution in [0.3, 0.4) is 0 Å². The van der Waals surface area contributed by atoms with Gasteiger partial charge >= 0.3 is 18.2 Å². The molecule has 0 saturated carbocycles. The highest BCUT2D eigenvalue weighted by atomic mass is 19.4. The maximum atomic E-state index is 12.7. The molecule has 1 aromatic heterocycles. The highest BCUT2D eigenvalue weighted by Gasteiger charge is 2.38. The van der Waals surface area contributed by atoms with Crippen molar-refractivity contribution in [1.29, 1.82) is 0 Å². The van der Waals surface area contributed by atoms with E-state index in [1.807, 2.05) is 39.9 Å². The van der Waals surface area contributed by atoms with Gasteiger partial charge in [-0.3, -0.25) is 4.90 Å². The van der Waals surface area contributed by atoms with Crippen LogP contribution in [0.2, 0.25) is 0 Å². The summed E-state index contributed by atoms with van der Waals surface area (Å²) in [6.45, 7) is 5.80. The van der Waals surface area contributed by atoms with Gasteiger partial charge in [0.25, 0.3) is 0 Å². The van der Waals surface area contributed by atoms with Gasteiger partial charge in [0, 0.05) is 26.2 Å². The molecule has 0 bridgehead atoms. The van der Waals surface area contributed by atoms with Crippen molar-refractivity contribution >= 4 is 12.0 Å². The lowest BCUT2D eigenvalue weighted by atomic mass is 10.1. The van der Waals surface area contributed by atoms with Crippen LogP contribution in [0.4, 0.5) is 18.0 Å². The summed E-state index contributed by atoms with van der Waals surface area (Å²) in [7, 11) is 0. The maximum absolute atomic E-state index is 12.7. The van der Waals surface area contributed by atoms with E-state index < -0.39 is 12.1 Å². The Kier molecular flexibility index (Phi) is 8.85. The first-order valence-electron chi connectivity index (χ1n) is 11.2. The number of fused-ring (bicyclic) bond motifs is 1. The predicted molar refractivity (Wildman–Crippen MR) is 117 cm³/mol. The number of aryl methyl sites for hydroxylation is 1. The minimum atomic E-state index is -5.08. The van der Waals surface area contributed by atoms with Gasteiger partial charge in [0.05, 0.1) is 12.2 Å². The number of carboxylic acid groups (broad SMARTS) is 1. The van der Waals surface area contributed by atoms with Gasteiger partial charge in [-0.25, -0.2) is 14.3 Å². The Morgan fingerprint density at radius 3 is 2.32 bits per heavy atom. The summed E-state index contributed by atoms with van der Waals surface area (Å²) >= 11 is 0. The topological polar surface area (TPSA) is 104 Å². The lowest BCUT2D eigenvalue weighted by molar-refractivity contribution is -0.192. The highest BCUT2D eigenvalue weighted by Crippen LogP contribution is 2.18. The number of aromatic nitrogens is 3. The van der Waals surface area contributed by atoms with Crippen LogP contribution in [0.15, 0.2) is 30.3 Å². The van der Waals surface area contributed by atoms with Crippen molar-refractivity contribution in [3.05, 3.63) is 47.3 Å². The molecule has 186 valence electrons. The van der Waals surface area contributed by atoms with Crippen LogP contribution < -0.4 is 5.32 Å². The van der Waals surface area contributed by atoms with E-state index in [4.69, 9.17) is 9.90 Å². The maximum Gasteiger partial charge on any atom is 0.490 e. The average molecular weight is 483 g/mol. The molecule has 0 spiro atoms. The zero-order chi connectivity index (χ0) is 24.6. The normalized spacial score (nSPS) is 16.6. The van der Waals surface area contributed by atoms with Crippen molar-refractivity contribution in [1.82, 2.24) is 30.1 Å². The van der Waals surface area contributed by atoms with Gasteiger partial charge in [0.1, 0.15) is 5.69 Å². The number of hydrogen-bond acceptors (Lipinski definition) is 5.